The molecule has 0 radical (unpaired) electrons. The highest BCUT2D eigenvalue weighted by molar-refractivity contribution is 8.15. The van der Waals surface area contributed by atoms with Gasteiger partial charge in [-0.05, 0) is 59.6 Å². The number of nitrogens with zero attached hydrogens (tertiary/aromatic N) is 2. The van der Waals surface area contributed by atoms with Gasteiger partial charge in [0.25, 0.3) is 0 Å². The van der Waals surface area contributed by atoms with Crippen LogP contribution >= 0.6 is 23.1 Å². The molecule has 3 rings (SSSR count). The molecule has 0 bridgehead atoms. The summed E-state index contributed by atoms with van der Waals surface area (Å²) in [4.78, 5) is 12.2. The Morgan fingerprint density at radius 3 is 2.25 bits per heavy atom. The van der Waals surface area contributed by atoms with Gasteiger partial charge in [-0.2, -0.15) is 13.2 Å². The summed E-state index contributed by atoms with van der Waals surface area (Å²) in [6.07, 6.45) is -4.43. The number of nitrogens with one attached hydrogen (secondary N) is 1. The second-order valence-corrected chi connectivity index (χ2v) is 8.44. The van der Waals surface area contributed by atoms with E-state index in [1.165, 1.54) is 16.9 Å². The molecule has 1 aromatic heterocycles. The normalized spacial score (nSPS) is 11.6. The van der Waals surface area contributed by atoms with Crippen molar-refractivity contribution >= 4 is 39.0 Å². The van der Waals surface area contributed by atoms with E-state index in [0.29, 0.717) is 15.4 Å². The lowest BCUT2D eigenvalue weighted by Gasteiger charge is -2.07. The molecule has 0 unspecified atom stereocenters. The molecule has 2 aromatic carbocycles. The summed E-state index contributed by atoms with van der Waals surface area (Å²) in [7, 11) is 0. The first-order valence-electron chi connectivity index (χ1n) is 8.32. The fraction of sp³-hybridized carbons (Fsp3) is 0.211. The summed E-state index contributed by atoms with van der Waals surface area (Å²) in [6.45, 7) is 4.23. The van der Waals surface area contributed by atoms with Crippen LogP contribution in [-0.2, 0) is 6.18 Å². The molecule has 0 aliphatic heterocycles. The van der Waals surface area contributed by atoms with Crippen LogP contribution in [-0.4, -0.2) is 15.3 Å². The Bertz CT molecular complexity index is 952. The Morgan fingerprint density at radius 1 is 1.04 bits per heavy atom. The minimum atomic E-state index is -4.43. The largest absolute Gasteiger partial charge is 0.416 e. The number of thioether (sulfide) groups is 1. The Morgan fingerprint density at radius 2 is 1.68 bits per heavy atom. The van der Waals surface area contributed by atoms with Gasteiger partial charge in [-0.25, -0.2) is 0 Å². The van der Waals surface area contributed by atoms with Crippen molar-refractivity contribution in [1.82, 2.24) is 10.2 Å². The predicted molar refractivity (Wildman–Crippen MR) is 105 cm³/mol. The lowest BCUT2D eigenvalue weighted by atomic mass is 10.0. The summed E-state index contributed by atoms with van der Waals surface area (Å²) in [6, 6.07) is 12.0. The van der Waals surface area contributed by atoms with E-state index < -0.39 is 16.9 Å². The predicted octanol–water partition coefficient (Wildman–Crippen LogP) is 6.36. The number of carbonyl (C=O) groups excluding carboxylic acids is 1. The molecule has 1 heterocycles. The van der Waals surface area contributed by atoms with Crippen molar-refractivity contribution in [3.63, 3.8) is 0 Å². The van der Waals surface area contributed by atoms with Crippen LogP contribution in [0.4, 0.5) is 24.0 Å². The molecule has 0 amide bonds. The topological polar surface area (TPSA) is 54.9 Å². The van der Waals surface area contributed by atoms with E-state index >= 15 is 0 Å². The van der Waals surface area contributed by atoms with Gasteiger partial charge in [0.2, 0.25) is 10.2 Å². The standard InChI is InChI=1S/C19H16F3N3OS2/c1-11(2)12-5-9-15(10-6-12)23-17-24-25-18(28-17)27-16(26)13-3-7-14(8-4-13)19(20,21)22/h3-11H,1-2H3,(H,23,24). The average molecular weight is 423 g/mol. The van der Waals surface area contributed by atoms with E-state index in [-0.39, 0.29) is 5.56 Å². The Labute approximate surface area is 168 Å². The van der Waals surface area contributed by atoms with Crippen molar-refractivity contribution in [3.8, 4) is 0 Å². The first-order chi connectivity index (χ1) is 13.2. The molecule has 0 spiro atoms. The summed E-state index contributed by atoms with van der Waals surface area (Å²) in [5, 5.41) is 11.2. The first kappa shape index (κ1) is 20.3. The molecule has 146 valence electrons. The van der Waals surface area contributed by atoms with Crippen molar-refractivity contribution < 1.29 is 18.0 Å². The number of rotatable bonds is 5. The third kappa shape index (κ3) is 5.11. The second kappa shape index (κ2) is 8.32. The van der Waals surface area contributed by atoms with Gasteiger partial charge >= 0.3 is 6.18 Å². The molecular formula is C19H16F3N3OS2. The minimum absolute atomic E-state index is 0.173. The Hall–Kier alpha value is -2.39. The van der Waals surface area contributed by atoms with Crippen LogP contribution in [0, 0.1) is 0 Å². The number of hydrogen-bond acceptors (Lipinski definition) is 6. The maximum atomic E-state index is 12.6. The highest BCUT2D eigenvalue weighted by atomic mass is 32.2. The Balaban J connectivity index is 1.63. The average Bonchev–Trinajstić information content (AvgIpc) is 3.08. The van der Waals surface area contributed by atoms with Gasteiger partial charge in [0.1, 0.15) is 0 Å². The smallest absolute Gasteiger partial charge is 0.330 e. The number of halogens is 3. The number of benzene rings is 2. The quantitative estimate of drug-likeness (QED) is 0.484. The van der Waals surface area contributed by atoms with E-state index in [1.807, 2.05) is 24.3 Å². The third-order valence-corrected chi connectivity index (χ3v) is 5.67. The van der Waals surface area contributed by atoms with Gasteiger partial charge in [0.15, 0.2) is 4.34 Å². The zero-order valence-corrected chi connectivity index (χ0v) is 16.6. The second-order valence-electron chi connectivity index (χ2n) is 6.24. The zero-order valence-electron chi connectivity index (χ0n) is 14.9. The number of anilines is 2. The third-order valence-electron chi connectivity index (χ3n) is 3.86. The van der Waals surface area contributed by atoms with Crippen molar-refractivity contribution in [3.05, 3.63) is 65.2 Å². The van der Waals surface area contributed by atoms with Crippen molar-refractivity contribution in [2.75, 3.05) is 5.32 Å². The fourth-order valence-electron chi connectivity index (χ4n) is 2.31. The fourth-order valence-corrected chi connectivity index (χ4v) is 3.93. The molecule has 0 saturated carbocycles. The van der Waals surface area contributed by atoms with Crippen LogP contribution < -0.4 is 5.32 Å². The van der Waals surface area contributed by atoms with Crippen LogP contribution in [0.1, 0.15) is 41.3 Å². The van der Waals surface area contributed by atoms with Crippen LogP contribution in [0.3, 0.4) is 0 Å². The number of hydrogen-bond donors (Lipinski definition) is 1. The van der Waals surface area contributed by atoms with Crippen LogP contribution in [0.15, 0.2) is 52.9 Å². The van der Waals surface area contributed by atoms with E-state index in [9.17, 15) is 18.0 Å². The molecule has 28 heavy (non-hydrogen) atoms. The SMILES string of the molecule is CC(C)c1ccc(Nc2nnc(SC(=O)c3ccc(C(F)(F)F)cc3)s2)cc1. The molecule has 9 heteroatoms. The molecule has 0 atom stereocenters. The monoisotopic (exact) mass is 423 g/mol. The molecule has 4 nitrogen and oxygen atoms in total. The van der Waals surface area contributed by atoms with Crippen LogP contribution in [0.25, 0.3) is 0 Å². The first-order valence-corrected chi connectivity index (χ1v) is 9.95. The van der Waals surface area contributed by atoms with E-state index in [0.717, 1.165) is 41.7 Å². The van der Waals surface area contributed by atoms with E-state index in [2.05, 4.69) is 29.4 Å². The van der Waals surface area contributed by atoms with Crippen LogP contribution in [0.5, 0.6) is 0 Å². The van der Waals surface area contributed by atoms with Gasteiger partial charge in [-0.15, -0.1) is 10.2 Å². The molecule has 0 saturated heterocycles. The van der Waals surface area contributed by atoms with Gasteiger partial charge in [-0.3, -0.25) is 4.79 Å². The highest BCUT2D eigenvalue weighted by Gasteiger charge is 2.30. The van der Waals surface area contributed by atoms with E-state index in [1.54, 1.807) is 0 Å². The zero-order chi connectivity index (χ0) is 20.3. The van der Waals surface area contributed by atoms with Crippen LogP contribution in [0.2, 0.25) is 0 Å². The summed E-state index contributed by atoms with van der Waals surface area (Å²) < 4.78 is 38.2. The molecule has 1 N–H and O–H groups in total. The van der Waals surface area contributed by atoms with Gasteiger partial charge < -0.3 is 5.32 Å². The minimum Gasteiger partial charge on any atom is -0.330 e. The summed E-state index contributed by atoms with van der Waals surface area (Å²) >= 11 is 2.03. The highest BCUT2D eigenvalue weighted by Crippen LogP contribution is 2.32. The number of carbonyl (C=O) groups is 1. The van der Waals surface area contributed by atoms with E-state index in [4.69, 9.17) is 0 Å². The molecule has 0 fully saturated rings. The number of aromatic nitrogens is 2. The number of alkyl halides is 3. The van der Waals surface area contributed by atoms with Gasteiger partial charge in [0.05, 0.1) is 5.56 Å². The van der Waals surface area contributed by atoms with Crippen molar-refractivity contribution in [2.45, 2.75) is 30.3 Å². The van der Waals surface area contributed by atoms with Gasteiger partial charge in [0, 0.05) is 11.3 Å². The van der Waals surface area contributed by atoms with Crippen molar-refractivity contribution in [2.24, 2.45) is 0 Å². The molecule has 3 aromatic rings. The maximum absolute atomic E-state index is 12.6. The maximum Gasteiger partial charge on any atom is 0.416 e. The summed E-state index contributed by atoms with van der Waals surface area (Å²) in [5.74, 6) is 0.440. The Kier molecular flexibility index (Phi) is 6.04. The summed E-state index contributed by atoms with van der Waals surface area (Å²) in [5.41, 5.74) is 1.46. The van der Waals surface area contributed by atoms with Crippen molar-refractivity contribution in [1.29, 1.82) is 0 Å². The molecule has 0 aliphatic carbocycles. The molecular weight excluding hydrogens is 407 g/mol. The lowest BCUT2D eigenvalue weighted by molar-refractivity contribution is -0.137. The molecule has 0 aliphatic rings. The van der Waals surface area contributed by atoms with Gasteiger partial charge in [-0.1, -0.05) is 37.3 Å². The lowest BCUT2D eigenvalue weighted by Crippen LogP contribution is -2.05.